The van der Waals surface area contributed by atoms with Crippen molar-refractivity contribution < 1.29 is 10.2 Å². The molecular weight excluding hydrogens is 394 g/mol. The van der Waals surface area contributed by atoms with Gasteiger partial charge in [0.05, 0.1) is 0 Å². The first kappa shape index (κ1) is 23.2. The third-order valence-corrected chi connectivity index (χ3v) is 8.66. The van der Waals surface area contributed by atoms with E-state index in [1.54, 1.807) is 0 Å². The van der Waals surface area contributed by atoms with Gasteiger partial charge in [0.2, 0.25) is 0 Å². The zero-order chi connectivity index (χ0) is 22.7. The van der Waals surface area contributed by atoms with E-state index in [0.29, 0.717) is 29.4 Å². The van der Waals surface area contributed by atoms with Crippen LogP contribution in [-0.2, 0) is 6.42 Å². The molecule has 3 N–H and O–H groups in total. The van der Waals surface area contributed by atoms with Crippen molar-refractivity contribution in [1.82, 2.24) is 0 Å². The number of hydrogen-bond acceptors (Lipinski definition) is 3. The number of benzene rings is 2. The van der Waals surface area contributed by atoms with Gasteiger partial charge < -0.3 is 15.5 Å². The van der Waals surface area contributed by atoms with Gasteiger partial charge in [0, 0.05) is 17.8 Å². The Morgan fingerprint density at radius 2 is 1.84 bits per heavy atom. The van der Waals surface area contributed by atoms with Gasteiger partial charge >= 0.3 is 0 Å². The standard InChI is InChI=1S/C29H41NO2/c1-4-29(5-2)25-16-10-15-22(19-31)28(25)24-18-27(32)23(17-26(24)30-29)20(3)11-9-14-21-12-7-6-8-13-21/h6-8,12-13,17-18,20,22,25,28,30-32H,4-5,9-11,14-16,19H2,1-3H3. The molecule has 4 rings (SSSR count). The Bertz CT molecular complexity index is 890. The Balaban J connectivity index is 1.60. The lowest BCUT2D eigenvalue weighted by Gasteiger charge is -2.54. The molecule has 32 heavy (non-hydrogen) atoms. The highest BCUT2D eigenvalue weighted by Gasteiger charge is 2.49. The number of hydrogen-bond donors (Lipinski definition) is 3. The number of nitrogens with one attached hydrogen (secondary N) is 1. The quantitative estimate of drug-likeness (QED) is 0.391. The minimum atomic E-state index is 0.0797. The van der Waals surface area contributed by atoms with Crippen molar-refractivity contribution in [3.8, 4) is 5.75 Å². The third kappa shape index (κ3) is 4.29. The lowest BCUT2D eigenvalue weighted by Crippen LogP contribution is -2.53. The van der Waals surface area contributed by atoms with Crippen molar-refractivity contribution in [3.05, 3.63) is 59.2 Å². The Labute approximate surface area is 194 Å². The molecule has 3 heteroatoms. The maximum atomic E-state index is 11.1. The number of aliphatic hydroxyl groups is 1. The van der Waals surface area contributed by atoms with Gasteiger partial charge in [-0.2, -0.15) is 0 Å². The summed E-state index contributed by atoms with van der Waals surface area (Å²) in [6, 6.07) is 14.9. The Morgan fingerprint density at radius 1 is 1.09 bits per heavy atom. The summed E-state index contributed by atoms with van der Waals surface area (Å²) >= 11 is 0. The van der Waals surface area contributed by atoms with Crippen molar-refractivity contribution in [3.63, 3.8) is 0 Å². The molecule has 0 radical (unpaired) electrons. The van der Waals surface area contributed by atoms with Crippen molar-refractivity contribution in [2.75, 3.05) is 11.9 Å². The van der Waals surface area contributed by atoms with E-state index in [9.17, 15) is 10.2 Å². The molecule has 2 aromatic rings. The average Bonchev–Trinajstić information content (AvgIpc) is 2.83. The highest BCUT2D eigenvalue weighted by atomic mass is 16.3. The average molecular weight is 436 g/mol. The summed E-state index contributed by atoms with van der Waals surface area (Å²) < 4.78 is 0. The van der Waals surface area contributed by atoms with Gasteiger partial charge in [0.25, 0.3) is 0 Å². The molecule has 2 aromatic carbocycles. The van der Waals surface area contributed by atoms with Crippen molar-refractivity contribution in [2.24, 2.45) is 11.8 Å². The van der Waals surface area contributed by atoms with E-state index >= 15 is 0 Å². The molecule has 0 aromatic heterocycles. The third-order valence-electron chi connectivity index (χ3n) is 8.66. The van der Waals surface area contributed by atoms with Gasteiger partial charge in [0.15, 0.2) is 0 Å². The number of anilines is 1. The SMILES string of the molecule is CCC1(CC)Nc2cc(C(C)CCCc3ccccc3)c(O)cc2C2C(CO)CCCC21. The second kappa shape index (κ2) is 9.87. The van der Waals surface area contributed by atoms with Crippen LogP contribution in [0.5, 0.6) is 5.75 Å². The van der Waals surface area contributed by atoms with E-state index in [2.05, 4.69) is 62.5 Å². The molecule has 0 saturated heterocycles. The van der Waals surface area contributed by atoms with Gasteiger partial charge in [-0.15, -0.1) is 0 Å². The highest BCUT2D eigenvalue weighted by Crippen LogP contribution is 2.56. The molecule has 4 unspecified atom stereocenters. The topological polar surface area (TPSA) is 52.5 Å². The van der Waals surface area contributed by atoms with Gasteiger partial charge in [-0.3, -0.25) is 0 Å². The van der Waals surface area contributed by atoms with E-state index in [1.165, 1.54) is 29.7 Å². The van der Waals surface area contributed by atoms with Crippen molar-refractivity contribution in [2.45, 2.75) is 89.5 Å². The number of aromatic hydroxyl groups is 1. The fraction of sp³-hybridized carbons (Fsp3) is 0.586. The summed E-state index contributed by atoms with van der Waals surface area (Å²) in [7, 11) is 0. The summed E-state index contributed by atoms with van der Waals surface area (Å²) in [5.74, 6) is 1.88. The van der Waals surface area contributed by atoms with Gasteiger partial charge in [-0.1, -0.05) is 57.5 Å². The molecule has 174 valence electrons. The predicted molar refractivity (Wildman–Crippen MR) is 133 cm³/mol. The minimum Gasteiger partial charge on any atom is -0.508 e. The largest absolute Gasteiger partial charge is 0.508 e. The number of phenols is 1. The van der Waals surface area contributed by atoms with Crippen molar-refractivity contribution in [1.29, 1.82) is 0 Å². The molecule has 1 heterocycles. The normalized spacial score (nSPS) is 24.8. The predicted octanol–water partition coefficient (Wildman–Crippen LogP) is 7.00. The molecule has 3 nitrogen and oxygen atoms in total. The molecule has 1 aliphatic heterocycles. The van der Waals surface area contributed by atoms with Crippen LogP contribution in [-0.4, -0.2) is 22.4 Å². The van der Waals surface area contributed by atoms with Crippen LogP contribution in [0.3, 0.4) is 0 Å². The molecule has 0 spiro atoms. The maximum absolute atomic E-state index is 11.1. The number of aliphatic hydroxyl groups excluding tert-OH is 1. The summed E-state index contributed by atoms with van der Waals surface area (Å²) in [5, 5.41) is 25.2. The van der Waals surface area contributed by atoms with Crippen LogP contribution in [0.4, 0.5) is 5.69 Å². The zero-order valence-corrected chi connectivity index (χ0v) is 20.1. The number of rotatable bonds is 8. The van der Waals surface area contributed by atoms with Gasteiger partial charge in [-0.25, -0.2) is 0 Å². The minimum absolute atomic E-state index is 0.0797. The second-order valence-electron chi connectivity index (χ2n) is 10.3. The Hall–Kier alpha value is -2.00. The van der Waals surface area contributed by atoms with E-state index in [0.717, 1.165) is 44.1 Å². The number of aryl methyl sites for hydroxylation is 1. The Morgan fingerprint density at radius 3 is 2.53 bits per heavy atom. The number of phenolic OH excluding ortho intramolecular Hbond substituents is 1. The van der Waals surface area contributed by atoms with Gasteiger partial charge in [-0.05, 0) is 97.4 Å². The Kier molecular flexibility index (Phi) is 7.14. The lowest BCUT2D eigenvalue weighted by molar-refractivity contribution is 0.0862. The summed E-state index contributed by atoms with van der Waals surface area (Å²) in [6.45, 7) is 7.08. The molecule has 1 fully saturated rings. The van der Waals surface area contributed by atoms with Crippen LogP contribution in [0, 0.1) is 11.8 Å². The van der Waals surface area contributed by atoms with Crippen LogP contribution in [0.1, 0.15) is 94.2 Å². The van der Waals surface area contributed by atoms with E-state index < -0.39 is 0 Å². The van der Waals surface area contributed by atoms with Crippen molar-refractivity contribution >= 4 is 5.69 Å². The first-order valence-electron chi connectivity index (χ1n) is 12.8. The number of fused-ring (bicyclic) bond motifs is 3. The zero-order valence-electron chi connectivity index (χ0n) is 20.1. The van der Waals surface area contributed by atoms with Crippen LogP contribution >= 0.6 is 0 Å². The lowest BCUT2D eigenvalue weighted by atomic mass is 9.58. The fourth-order valence-electron chi connectivity index (χ4n) is 6.71. The fourth-order valence-corrected chi connectivity index (χ4v) is 6.71. The van der Waals surface area contributed by atoms with Crippen LogP contribution < -0.4 is 5.32 Å². The van der Waals surface area contributed by atoms with E-state index in [4.69, 9.17) is 0 Å². The molecular formula is C29H41NO2. The van der Waals surface area contributed by atoms with Crippen LogP contribution in [0.25, 0.3) is 0 Å². The molecule has 0 amide bonds. The molecule has 0 bridgehead atoms. The summed E-state index contributed by atoms with van der Waals surface area (Å²) in [4.78, 5) is 0. The maximum Gasteiger partial charge on any atom is 0.119 e. The molecule has 2 aliphatic rings. The van der Waals surface area contributed by atoms with Crippen LogP contribution in [0.15, 0.2) is 42.5 Å². The second-order valence-corrected chi connectivity index (χ2v) is 10.3. The first-order chi connectivity index (χ1) is 15.5. The van der Waals surface area contributed by atoms with E-state index in [-0.39, 0.29) is 12.1 Å². The monoisotopic (exact) mass is 435 g/mol. The summed E-state index contributed by atoms with van der Waals surface area (Å²) in [5.41, 5.74) is 4.93. The first-order valence-corrected chi connectivity index (χ1v) is 12.8. The smallest absolute Gasteiger partial charge is 0.119 e. The van der Waals surface area contributed by atoms with Crippen LogP contribution in [0.2, 0.25) is 0 Å². The molecule has 1 aliphatic carbocycles. The highest BCUT2D eigenvalue weighted by molar-refractivity contribution is 5.63. The molecule has 1 saturated carbocycles. The van der Waals surface area contributed by atoms with Gasteiger partial charge in [0.1, 0.15) is 5.75 Å². The van der Waals surface area contributed by atoms with E-state index in [1.807, 2.05) is 6.07 Å². The molecule has 4 atom stereocenters. The summed E-state index contributed by atoms with van der Waals surface area (Å²) in [6.07, 6.45) is 8.89.